The first-order chi connectivity index (χ1) is 36.7. The van der Waals surface area contributed by atoms with E-state index < -0.39 is 0 Å². The Kier molecular flexibility index (Phi) is 9.54. The van der Waals surface area contributed by atoms with Crippen LogP contribution in [-0.2, 0) is 0 Å². The first-order valence-electron chi connectivity index (χ1n) is 25.4. The Morgan fingerprint density at radius 2 is 0.581 bits per heavy atom. The van der Waals surface area contributed by atoms with Gasteiger partial charge in [-0.3, -0.25) is 0 Å². The maximum absolute atomic E-state index is 2.48. The van der Waals surface area contributed by atoms with Gasteiger partial charge in [-0.2, -0.15) is 0 Å². The van der Waals surface area contributed by atoms with Gasteiger partial charge in [-0.05, 0) is 129 Å². The fourth-order valence-electron chi connectivity index (χ4n) is 12.0. The van der Waals surface area contributed by atoms with Crippen LogP contribution in [0.5, 0.6) is 0 Å². The van der Waals surface area contributed by atoms with Gasteiger partial charge in [-0.25, -0.2) is 0 Å². The summed E-state index contributed by atoms with van der Waals surface area (Å²) in [4.78, 5) is 4.93. The predicted octanol–water partition coefficient (Wildman–Crippen LogP) is 19.4. The topological polar surface area (TPSA) is 16.3 Å². The molecule has 0 amide bonds. The highest BCUT2D eigenvalue weighted by Gasteiger charge is 2.24. The van der Waals surface area contributed by atoms with Gasteiger partial charge in [0.05, 0.1) is 33.4 Å². The minimum Gasteiger partial charge on any atom is -0.310 e. The molecule has 0 unspecified atom stereocenters. The molecule has 4 heteroatoms. The molecule has 74 heavy (non-hydrogen) atoms. The molecule has 15 aromatic rings. The number of hydrogen-bond acceptors (Lipinski definition) is 2. The standard InChI is InChI=1S/C70H46N4/c1-2-22-50(23-3-1)71(51-24-18-26-53(45-51)73-64-36-14-10-28-56(64)57-29-11-15-37-65(57)73)68-43-49-44-69(61-33-7-9-35-63(61)70(49)62-34-8-6-32-60(62)68)72(55-41-40-47-20-4-5-21-48(47)42-55)52-25-19-27-54(46-52)74-66-38-16-12-30-58(66)59-31-13-17-39-67(59)74/h1-46H. The van der Waals surface area contributed by atoms with Gasteiger partial charge < -0.3 is 18.9 Å². The summed E-state index contributed by atoms with van der Waals surface area (Å²) in [5.41, 5.74) is 13.4. The van der Waals surface area contributed by atoms with E-state index in [1.165, 1.54) is 81.3 Å². The van der Waals surface area contributed by atoms with E-state index in [0.717, 1.165) is 50.9 Å². The van der Waals surface area contributed by atoms with Crippen LogP contribution in [0.1, 0.15) is 0 Å². The van der Waals surface area contributed by atoms with E-state index in [2.05, 4.69) is 298 Å². The third kappa shape index (κ3) is 6.55. The lowest BCUT2D eigenvalue weighted by Crippen LogP contribution is -2.12. The normalized spacial score (nSPS) is 11.8. The van der Waals surface area contributed by atoms with Crippen LogP contribution in [0, 0.1) is 0 Å². The number of para-hydroxylation sites is 5. The molecule has 346 valence electrons. The van der Waals surface area contributed by atoms with Gasteiger partial charge in [0, 0.05) is 66.4 Å². The Morgan fingerprint density at radius 3 is 1.07 bits per heavy atom. The van der Waals surface area contributed by atoms with Crippen LogP contribution in [0.4, 0.5) is 34.1 Å². The molecule has 0 bridgehead atoms. The second-order valence-electron chi connectivity index (χ2n) is 19.3. The number of aromatic nitrogens is 2. The molecule has 0 saturated heterocycles. The van der Waals surface area contributed by atoms with E-state index in [1.54, 1.807) is 0 Å². The fraction of sp³-hybridized carbons (Fsp3) is 0. The molecule has 2 aromatic heterocycles. The van der Waals surface area contributed by atoms with Gasteiger partial charge in [0.2, 0.25) is 0 Å². The second-order valence-corrected chi connectivity index (χ2v) is 19.3. The largest absolute Gasteiger partial charge is 0.310 e. The van der Waals surface area contributed by atoms with Crippen molar-refractivity contribution in [2.45, 2.75) is 0 Å². The molecule has 0 N–H and O–H groups in total. The lowest BCUT2D eigenvalue weighted by molar-refractivity contribution is 1.17. The van der Waals surface area contributed by atoms with Crippen molar-refractivity contribution in [3.05, 3.63) is 279 Å². The van der Waals surface area contributed by atoms with Gasteiger partial charge >= 0.3 is 0 Å². The highest BCUT2D eigenvalue weighted by atomic mass is 15.2. The van der Waals surface area contributed by atoms with Crippen molar-refractivity contribution in [1.82, 2.24) is 9.13 Å². The molecular formula is C70H46N4. The third-order valence-corrected chi connectivity index (χ3v) is 15.2. The second kappa shape index (κ2) is 16.9. The number of fused-ring (bicyclic) bond motifs is 12. The Balaban J connectivity index is 0.989. The van der Waals surface area contributed by atoms with Crippen LogP contribution in [0.25, 0.3) is 98.1 Å². The summed E-state index contributed by atoms with van der Waals surface area (Å²) >= 11 is 0. The number of rotatable bonds is 8. The number of nitrogens with zero attached hydrogens (tertiary/aromatic N) is 4. The van der Waals surface area contributed by atoms with Crippen molar-refractivity contribution in [2.75, 3.05) is 9.80 Å². The van der Waals surface area contributed by atoms with E-state index in [9.17, 15) is 0 Å². The molecule has 4 nitrogen and oxygen atoms in total. The quantitative estimate of drug-likeness (QED) is 0.141. The lowest BCUT2D eigenvalue weighted by Gasteiger charge is -2.30. The van der Waals surface area contributed by atoms with E-state index in [4.69, 9.17) is 0 Å². The van der Waals surface area contributed by atoms with Crippen LogP contribution < -0.4 is 9.80 Å². The van der Waals surface area contributed by atoms with Crippen molar-refractivity contribution in [3.63, 3.8) is 0 Å². The van der Waals surface area contributed by atoms with Crippen LogP contribution in [-0.4, -0.2) is 9.13 Å². The van der Waals surface area contributed by atoms with Crippen molar-refractivity contribution >= 4 is 121 Å². The molecule has 13 aromatic carbocycles. The van der Waals surface area contributed by atoms with Crippen molar-refractivity contribution in [2.24, 2.45) is 0 Å². The van der Waals surface area contributed by atoms with E-state index >= 15 is 0 Å². The third-order valence-electron chi connectivity index (χ3n) is 15.2. The van der Waals surface area contributed by atoms with Crippen molar-refractivity contribution in [3.8, 4) is 11.4 Å². The van der Waals surface area contributed by atoms with Gasteiger partial charge in [-0.1, -0.05) is 182 Å². The smallest absolute Gasteiger partial charge is 0.0546 e. The molecule has 0 fully saturated rings. The molecule has 0 saturated carbocycles. The summed E-state index contributed by atoms with van der Waals surface area (Å²) in [6.45, 7) is 0. The highest BCUT2D eigenvalue weighted by molar-refractivity contribution is 6.26. The molecule has 15 rings (SSSR count). The fourth-order valence-corrected chi connectivity index (χ4v) is 12.0. The summed E-state index contributed by atoms with van der Waals surface area (Å²) in [5.74, 6) is 0. The maximum Gasteiger partial charge on any atom is 0.0546 e. The summed E-state index contributed by atoms with van der Waals surface area (Å²) in [7, 11) is 0. The summed E-state index contributed by atoms with van der Waals surface area (Å²) < 4.78 is 4.82. The maximum atomic E-state index is 2.48. The van der Waals surface area contributed by atoms with Crippen LogP contribution >= 0.6 is 0 Å². The highest BCUT2D eigenvalue weighted by Crippen LogP contribution is 2.49. The number of anilines is 6. The molecule has 0 radical (unpaired) electrons. The predicted molar refractivity (Wildman–Crippen MR) is 315 cm³/mol. The van der Waals surface area contributed by atoms with Crippen molar-refractivity contribution < 1.29 is 0 Å². The van der Waals surface area contributed by atoms with Crippen LogP contribution in [0.15, 0.2) is 279 Å². The van der Waals surface area contributed by atoms with Gasteiger partial charge in [0.15, 0.2) is 0 Å². The molecule has 0 spiro atoms. The zero-order valence-electron chi connectivity index (χ0n) is 40.3. The lowest BCUT2D eigenvalue weighted by atomic mass is 9.93. The average Bonchev–Trinajstić information content (AvgIpc) is 4.01. The average molecular weight is 943 g/mol. The first kappa shape index (κ1) is 41.8. The Morgan fingerprint density at radius 1 is 0.216 bits per heavy atom. The van der Waals surface area contributed by atoms with Gasteiger partial charge in [0.1, 0.15) is 0 Å². The SMILES string of the molecule is c1ccc(N(c2cccc(-n3c4ccccc4c4ccccc43)c2)c2cc3cc(N(c4cccc(-n5c6ccccc6c6ccccc65)c4)c4ccc5ccccc5c4)c4ccccc4c3c3ccccc23)cc1. The van der Waals surface area contributed by atoms with E-state index in [1.807, 2.05) is 0 Å². The summed E-state index contributed by atoms with van der Waals surface area (Å²) in [5, 5.41) is 14.5. The number of benzene rings is 13. The van der Waals surface area contributed by atoms with Gasteiger partial charge in [-0.15, -0.1) is 0 Å². The Bertz CT molecular complexity index is 4590. The monoisotopic (exact) mass is 942 g/mol. The first-order valence-corrected chi connectivity index (χ1v) is 25.4. The molecule has 0 aliphatic carbocycles. The number of hydrogen-bond donors (Lipinski definition) is 0. The zero-order valence-corrected chi connectivity index (χ0v) is 40.3. The van der Waals surface area contributed by atoms with Gasteiger partial charge in [0.25, 0.3) is 0 Å². The Hall–Kier alpha value is -9.90. The molecule has 0 aliphatic heterocycles. The van der Waals surface area contributed by atoms with Crippen LogP contribution in [0.3, 0.4) is 0 Å². The minimum atomic E-state index is 1.07. The summed E-state index contributed by atoms with van der Waals surface area (Å²) in [6.07, 6.45) is 0. The van der Waals surface area contributed by atoms with Crippen LogP contribution in [0.2, 0.25) is 0 Å². The Labute approximate surface area is 428 Å². The zero-order chi connectivity index (χ0) is 48.7. The molecule has 0 atom stereocenters. The van der Waals surface area contributed by atoms with E-state index in [0.29, 0.717) is 0 Å². The summed E-state index contributed by atoms with van der Waals surface area (Å²) in [6, 6.07) is 102. The molecule has 2 heterocycles. The van der Waals surface area contributed by atoms with Crippen molar-refractivity contribution in [1.29, 1.82) is 0 Å². The molecule has 0 aliphatic rings. The van der Waals surface area contributed by atoms with E-state index in [-0.39, 0.29) is 0 Å². The minimum absolute atomic E-state index is 1.07. The molecular weight excluding hydrogens is 897 g/mol.